The molecule has 1 N–H and O–H groups in total. The van der Waals surface area contributed by atoms with Crippen molar-refractivity contribution in [3.8, 4) is 10.7 Å². The number of carbonyl (C=O) groups is 1. The molecule has 134 valence electrons. The average Bonchev–Trinajstić information content (AvgIpc) is 3.35. The third-order valence-corrected chi connectivity index (χ3v) is 5.89. The summed E-state index contributed by atoms with van der Waals surface area (Å²) in [4.78, 5) is 13.2. The number of amides is 1. The summed E-state index contributed by atoms with van der Waals surface area (Å²) >= 11 is 3.06. The van der Waals surface area contributed by atoms with Crippen LogP contribution in [0.5, 0.6) is 0 Å². The Labute approximate surface area is 155 Å². The fourth-order valence-electron chi connectivity index (χ4n) is 2.65. The maximum Gasteiger partial charge on any atom is 0.233 e. The topological polar surface area (TPSA) is 69.0 Å². The molecule has 1 saturated heterocycles. The van der Waals surface area contributed by atoms with Gasteiger partial charge in [-0.3, -0.25) is 9.36 Å². The lowest BCUT2D eigenvalue weighted by atomic mass is 10.2. The molecule has 2 aromatic rings. The van der Waals surface area contributed by atoms with Crippen molar-refractivity contribution in [3.63, 3.8) is 0 Å². The van der Waals surface area contributed by atoms with E-state index < -0.39 is 0 Å². The molecule has 3 rings (SSSR count). The summed E-state index contributed by atoms with van der Waals surface area (Å²) in [5.41, 5.74) is 0. The Morgan fingerprint density at radius 2 is 2.52 bits per heavy atom. The molecule has 6 nitrogen and oxygen atoms in total. The summed E-state index contributed by atoms with van der Waals surface area (Å²) in [7, 11) is 0. The van der Waals surface area contributed by atoms with Crippen molar-refractivity contribution >= 4 is 29.0 Å². The van der Waals surface area contributed by atoms with Crippen LogP contribution in [0.2, 0.25) is 0 Å². The number of rotatable bonds is 8. The van der Waals surface area contributed by atoms with Crippen LogP contribution in [0.15, 0.2) is 35.3 Å². The van der Waals surface area contributed by atoms with Crippen LogP contribution in [-0.4, -0.2) is 45.2 Å². The molecule has 2 aromatic heterocycles. The molecule has 8 heteroatoms. The highest BCUT2D eigenvalue weighted by molar-refractivity contribution is 8.00. The van der Waals surface area contributed by atoms with Crippen molar-refractivity contribution in [2.24, 2.45) is 0 Å². The molecule has 1 aliphatic heterocycles. The van der Waals surface area contributed by atoms with Gasteiger partial charge in [0.15, 0.2) is 11.0 Å². The summed E-state index contributed by atoms with van der Waals surface area (Å²) in [6.07, 6.45) is 3.98. The second-order valence-corrected chi connectivity index (χ2v) is 8.08. The van der Waals surface area contributed by atoms with E-state index in [0.717, 1.165) is 35.3 Å². The lowest BCUT2D eigenvalue weighted by Crippen LogP contribution is -2.31. The van der Waals surface area contributed by atoms with E-state index in [1.807, 2.05) is 24.4 Å². The predicted molar refractivity (Wildman–Crippen MR) is 101 cm³/mol. The molecule has 2 atom stereocenters. The lowest BCUT2D eigenvalue weighted by molar-refractivity contribution is -0.120. The number of hydrogen-bond acceptors (Lipinski definition) is 6. The molecule has 0 spiro atoms. The van der Waals surface area contributed by atoms with E-state index in [2.05, 4.69) is 26.7 Å². The van der Waals surface area contributed by atoms with Gasteiger partial charge < -0.3 is 10.1 Å². The van der Waals surface area contributed by atoms with E-state index >= 15 is 0 Å². The number of aromatic nitrogens is 3. The zero-order valence-corrected chi connectivity index (χ0v) is 15.8. The summed E-state index contributed by atoms with van der Waals surface area (Å²) in [6.45, 7) is 7.48. The SMILES string of the molecule is C=CCNC(=O)C(C)Sc1nnc(-c2cccs2)n1CC1CCCO1. The van der Waals surface area contributed by atoms with Crippen LogP contribution < -0.4 is 5.32 Å². The monoisotopic (exact) mass is 378 g/mol. The Morgan fingerprint density at radius 3 is 3.20 bits per heavy atom. The third kappa shape index (κ3) is 4.50. The summed E-state index contributed by atoms with van der Waals surface area (Å²) < 4.78 is 7.87. The van der Waals surface area contributed by atoms with Crippen molar-refractivity contribution in [2.45, 2.75) is 42.8 Å². The predicted octanol–water partition coefficient (Wildman–Crippen LogP) is 2.97. The smallest absolute Gasteiger partial charge is 0.233 e. The van der Waals surface area contributed by atoms with Gasteiger partial charge in [-0.1, -0.05) is 23.9 Å². The minimum atomic E-state index is -0.261. The molecule has 1 fully saturated rings. The van der Waals surface area contributed by atoms with E-state index in [4.69, 9.17) is 4.74 Å². The molecule has 0 saturated carbocycles. The van der Waals surface area contributed by atoms with Gasteiger partial charge in [0.1, 0.15) is 0 Å². The van der Waals surface area contributed by atoms with Gasteiger partial charge in [-0.25, -0.2) is 0 Å². The fraction of sp³-hybridized carbons (Fsp3) is 0.471. The second kappa shape index (κ2) is 8.64. The van der Waals surface area contributed by atoms with Crippen LogP contribution in [-0.2, 0) is 16.1 Å². The minimum Gasteiger partial charge on any atom is -0.376 e. The maximum absolute atomic E-state index is 12.1. The first-order chi connectivity index (χ1) is 12.2. The molecule has 1 aliphatic rings. The Bertz CT molecular complexity index is 708. The van der Waals surface area contributed by atoms with Gasteiger partial charge in [-0.05, 0) is 31.2 Å². The largest absolute Gasteiger partial charge is 0.376 e. The molecule has 2 unspecified atom stereocenters. The van der Waals surface area contributed by atoms with E-state index in [1.165, 1.54) is 11.8 Å². The average molecular weight is 379 g/mol. The Kier molecular flexibility index (Phi) is 6.28. The van der Waals surface area contributed by atoms with Crippen LogP contribution in [0.4, 0.5) is 0 Å². The zero-order valence-electron chi connectivity index (χ0n) is 14.2. The van der Waals surface area contributed by atoms with Crippen LogP contribution >= 0.6 is 23.1 Å². The number of carbonyl (C=O) groups excluding carboxylic acids is 1. The molecule has 3 heterocycles. The quantitative estimate of drug-likeness (QED) is 0.565. The van der Waals surface area contributed by atoms with Crippen molar-refractivity contribution in [3.05, 3.63) is 30.2 Å². The maximum atomic E-state index is 12.1. The van der Waals surface area contributed by atoms with Crippen LogP contribution in [0.1, 0.15) is 19.8 Å². The standard InChI is InChI=1S/C17H22N4O2S2/c1-3-8-18-16(22)12(2)25-17-20-19-15(14-7-5-10-24-14)21(17)11-13-6-4-9-23-13/h3,5,7,10,12-13H,1,4,6,8-9,11H2,2H3,(H,18,22). The van der Waals surface area contributed by atoms with Crippen LogP contribution in [0.3, 0.4) is 0 Å². The minimum absolute atomic E-state index is 0.0331. The van der Waals surface area contributed by atoms with Gasteiger partial charge in [0.05, 0.1) is 22.8 Å². The summed E-state index contributed by atoms with van der Waals surface area (Å²) in [6, 6.07) is 4.04. The van der Waals surface area contributed by atoms with Crippen molar-refractivity contribution in [2.75, 3.05) is 13.2 Å². The van der Waals surface area contributed by atoms with Gasteiger partial charge in [0, 0.05) is 13.2 Å². The number of thioether (sulfide) groups is 1. The lowest BCUT2D eigenvalue weighted by Gasteiger charge is -2.16. The van der Waals surface area contributed by atoms with E-state index in [-0.39, 0.29) is 17.3 Å². The number of ether oxygens (including phenoxy) is 1. The molecule has 0 radical (unpaired) electrons. The molecule has 0 aromatic carbocycles. The normalized spacial score (nSPS) is 18.2. The van der Waals surface area contributed by atoms with Gasteiger partial charge in [0.2, 0.25) is 5.91 Å². The molecular formula is C17H22N4O2S2. The van der Waals surface area contributed by atoms with Gasteiger partial charge in [-0.15, -0.1) is 28.1 Å². The Balaban J connectivity index is 1.80. The van der Waals surface area contributed by atoms with Crippen LogP contribution in [0.25, 0.3) is 10.7 Å². The zero-order chi connectivity index (χ0) is 17.6. The fourth-order valence-corrected chi connectivity index (χ4v) is 4.25. The first kappa shape index (κ1) is 18.2. The third-order valence-electron chi connectivity index (χ3n) is 3.94. The Morgan fingerprint density at radius 1 is 1.64 bits per heavy atom. The van der Waals surface area contributed by atoms with E-state index in [9.17, 15) is 4.79 Å². The van der Waals surface area contributed by atoms with Gasteiger partial charge in [0.25, 0.3) is 0 Å². The first-order valence-electron chi connectivity index (χ1n) is 8.33. The Hall–Kier alpha value is -1.64. The van der Waals surface area contributed by atoms with Gasteiger partial charge in [-0.2, -0.15) is 0 Å². The number of hydrogen-bond donors (Lipinski definition) is 1. The number of thiophene rings is 1. The van der Waals surface area contributed by atoms with Crippen molar-refractivity contribution in [1.82, 2.24) is 20.1 Å². The molecule has 0 aliphatic carbocycles. The van der Waals surface area contributed by atoms with Crippen molar-refractivity contribution in [1.29, 1.82) is 0 Å². The summed E-state index contributed by atoms with van der Waals surface area (Å²) in [5.74, 6) is 0.806. The van der Waals surface area contributed by atoms with Gasteiger partial charge >= 0.3 is 0 Å². The van der Waals surface area contributed by atoms with Crippen LogP contribution in [0, 0.1) is 0 Å². The first-order valence-corrected chi connectivity index (χ1v) is 10.1. The molecule has 25 heavy (non-hydrogen) atoms. The molecule has 0 bridgehead atoms. The van der Waals surface area contributed by atoms with Crippen molar-refractivity contribution < 1.29 is 9.53 Å². The highest BCUT2D eigenvalue weighted by atomic mass is 32.2. The summed E-state index contributed by atoms with van der Waals surface area (Å²) in [5, 5.41) is 14.1. The number of nitrogens with one attached hydrogen (secondary N) is 1. The van der Waals surface area contributed by atoms with E-state index in [0.29, 0.717) is 13.1 Å². The highest BCUT2D eigenvalue weighted by Crippen LogP contribution is 2.30. The molecular weight excluding hydrogens is 356 g/mol. The second-order valence-electron chi connectivity index (χ2n) is 5.82. The highest BCUT2D eigenvalue weighted by Gasteiger charge is 2.24. The van der Waals surface area contributed by atoms with E-state index in [1.54, 1.807) is 17.4 Å². The number of nitrogens with zero attached hydrogens (tertiary/aromatic N) is 3. The molecule has 1 amide bonds.